The third-order valence-corrected chi connectivity index (χ3v) is 5.60. The summed E-state index contributed by atoms with van der Waals surface area (Å²) in [7, 11) is 3.88. The van der Waals surface area contributed by atoms with Crippen LogP contribution >= 0.6 is 11.8 Å². The molecular formula is C23H26FN5O2S. The van der Waals surface area contributed by atoms with Crippen LogP contribution in [-0.2, 0) is 5.54 Å². The predicted molar refractivity (Wildman–Crippen MR) is 126 cm³/mol. The molecule has 1 amide bonds. The molecule has 2 aromatic rings. The van der Waals surface area contributed by atoms with Crippen LogP contribution in [0.3, 0.4) is 0 Å². The number of ether oxygens (including phenoxy) is 1. The Morgan fingerprint density at radius 2 is 2.16 bits per heavy atom. The average Bonchev–Trinajstić information content (AvgIpc) is 2.75. The van der Waals surface area contributed by atoms with E-state index in [0.717, 1.165) is 5.75 Å². The van der Waals surface area contributed by atoms with Crippen molar-refractivity contribution in [2.24, 2.45) is 10.7 Å². The van der Waals surface area contributed by atoms with Crippen LogP contribution in [0.1, 0.15) is 29.4 Å². The maximum Gasteiger partial charge on any atom is 0.274 e. The van der Waals surface area contributed by atoms with Gasteiger partial charge in [-0.05, 0) is 57.8 Å². The Labute approximate surface area is 191 Å². The summed E-state index contributed by atoms with van der Waals surface area (Å²) < 4.78 is 20.1. The van der Waals surface area contributed by atoms with Crippen molar-refractivity contribution in [2.75, 3.05) is 38.3 Å². The zero-order valence-electron chi connectivity index (χ0n) is 18.3. The van der Waals surface area contributed by atoms with Crippen molar-refractivity contribution < 1.29 is 13.9 Å². The van der Waals surface area contributed by atoms with Gasteiger partial charge in [0.1, 0.15) is 23.9 Å². The number of pyridine rings is 1. The highest BCUT2D eigenvalue weighted by molar-refractivity contribution is 8.13. The molecule has 9 heteroatoms. The van der Waals surface area contributed by atoms with Crippen molar-refractivity contribution in [1.29, 1.82) is 0 Å². The summed E-state index contributed by atoms with van der Waals surface area (Å²) in [5.74, 6) is 6.35. The van der Waals surface area contributed by atoms with Crippen molar-refractivity contribution in [3.8, 4) is 17.6 Å². The number of hydrogen-bond donors (Lipinski definition) is 2. The van der Waals surface area contributed by atoms with Crippen molar-refractivity contribution >= 4 is 28.5 Å². The lowest BCUT2D eigenvalue weighted by Crippen LogP contribution is -2.29. The molecule has 0 bridgehead atoms. The Bertz CT molecular complexity index is 1060. The summed E-state index contributed by atoms with van der Waals surface area (Å²) >= 11 is 1.45. The molecule has 3 N–H and O–H groups in total. The monoisotopic (exact) mass is 455 g/mol. The van der Waals surface area contributed by atoms with Crippen LogP contribution < -0.4 is 15.8 Å². The quantitative estimate of drug-likeness (QED) is 0.651. The van der Waals surface area contributed by atoms with Gasteiger partial charge in [-0.15, -0.1) is 0 Å². The molecule has 1 aromatic heterocycles. The van der Waals surface area contributed by atoms with Gasteiger partial charge < -0.3 is 15.8 Å². The smallest absolute Gasteiger partial charge is 0.274 e. The second-order valence-electron chi connectivity index (χ2n) is 7.73. The van der Waals surface area contributed by atoms with Crippen LogP contribution in [-0.4, -0.2) is 54.0 Å². The molecule has 1 aliphatic heterocycles. The molecule has 3 rings (SSSR count). The first-order chi connectivity index (χ1) is 15.3. The fourth-order valence-electron chi connectivity index (χ4n) is 3.08. The van der Waals surface area contributed by atoms with Crippen molar-refractivity contribution in [1.82, 2.24) is 9.88 Å². The number of hydrogen-bond acceptors (Lipinski definition) is 7. The maximum absolute atomic E-state index is 14.6. The average molecular weight is 456 g/mol. The van der Waals surface area contributed by atoms with E-state index in [0.29, 0.717) is 35.1 Å². The Morgan fingerprint density at radius 1 is 1.34 bits per heavy atom. The molecule has 7 nitrogen and oxygen atoms in total. The number of nitrogens with one attached hydrogen (secondary N) is 1. The first-order valence-corrected chi connectivity index (χ1v) is 11.0. The summed E-state index contributed by atoms with van der Waals surface area (Å²) in [6, 6.07) is 7.65. The number of carbonyl (C=O) groups excluding carboxylic acids is 1. The van der Waals surface area contributed by atoms with Gasteiger partial charge in [0.05, 0.1) is 18.3 Å². The first kappa shape index (κ1) is 23.6. The van der Waals surface area contributed by atoms with E-state index in [1.54, 1.807) is 18.2 Å². The van der Waals surface area contributed by atoms with Crippen LogP contribution in [0, 0.1) is 17.7 Å². The fourth-order valence-corrected chi connectivity index (χ4v) is 4.05. The number of halogens is 1. The molecule has 0 fully saturated rings. The van der Waals surface area contributed by atoms with Gasteiger partial charge in [0, 0.05) is 17.0 Å². The van der Waals surface area contributed by atoms with E-state index in [1.807, 2.05) is 25.9 Å². The van der Waals surface area contributed by atoms with E-state index >= 15 is 0 Å². The number of amides is 1. The van der Waals surface area contributed by atoms with E-state index in [-0.39, 0.29) is 18.1 Å². The zero-order chi connectivity index (χ0) is 23.1. The number of anilines is 1. The maximum atomic E-state index is 14.6. The summed E-state index contributed by atoms with van der Waals surface area (Å²) in [5.41, 5.74) is 6.15. The van der Waals surface area contributed by atoms with Gasteiger partial charge in [0.25, 0.3) is 5.91 Å². The third kappa shape index (κ3) is 6.22. The minimum Gasteiger partial charge on any atom is -0.479 e. The number of nitrogens with zero attached hydrogens (tertiary/aromatic N) is 3. The molecule has 0 radical (unpaired) electrons. The minimum absolute atomic E-state index is 0.212. The lowest BCUT2D eigenvalue weighted by atomic mass is 9.89. The van der Waals surface area contributed by atoms with E-state index in [4.69, 9.17) is 10.5 Å². The highest BCUT2D eigenvalue weighted by atomic mass is 32.2. The standard InChI is InChI=1S/C23H26FN5O2S/c1-23(10-13-32-22(25)28-23)18-14-16(6-8-19(18)24)27-21(30)20-9-7-17(15-26-20)31-12-5-4-11-29(2)3/h6-9,14-15H,10-13H2,1-3H3,(H2,25,28)(H,27,30)/t23-/m0/s1. The van der Waals surface area contributed by atoms with Gasteiger partial charge in [-0.1, -0.05) is 23.6 Å². The molecule has 1 aromatic carbocycles. The Hall–Kier alpha value is -3.09. The van der Waals surface area contributed by atoms with Crippen LogP contribution in [0.5, 0.6) is 5.75 Å². The molecule has 0 spiro atoms. The second-order valence-corrected chi connectivity index (χ2v) is 8.85. The largest absolute Gasteiger partial charge is 0.479 e. The number of aromatic nitrogens is 1. The number of rotatable bonds is 6. The molecular weight excluding hydrogens is 429 g/mol. The van der Waals surface area contributed by atoms with E-state index in [9.17, 15) is 9.18 Å². The lowest BCUT2D eigenvalue weighted by molar-refractivity contribution is 0.102. The predicted octanol–water partition coefficient (Wildman–Crippen LogP) is 3.08. The fraction of sp³-hybridized carbons (Fsp3) is 0.348. The van der Waals surface area contributed by atoms with Crippen LogP contribution in [0.25, 0.3) is 0 Å². The molecule has 168 valence electrons. The normalized spacial score (nSPS) is 17.8. The summed E-state index contributed by atoms with van der Waals surface area (Å²) in [5, 5.41) is 3.20. The van der Waals surface area contributed by atoms with Gasteiger partial charge in [0.15, 0.2) is 5.17 Å². The zero-order valence-corrected chi connectivity index (χ0v) is 19.1. The summed E-state index contributed by atoms with van der Waals surface area (Å²) in [4.78, 5) is 23.2. The minimum atomic E-state index is -0.771. The third-order valence-electron chi connectivity index (χ3n) is 4.80. The number of benzene rings is 1. The van der Waals surface area contributed by atoms with Crippen molar-refractivity contribution in [2.45, 2.75) is 18.9 Å². The summed E-state index contributed by atoms with van der Waals surface area (Å²) in [6.07, 6.45) is 2.12. The van der Waals surface area contributed by atoms with Crippen LogP contribution in [0.2, 0.25) is 0 Å². The molecule has 2 heterocycles. The molecule has 1 aliphatic rings. The highest BCUT2D eigenvalue weighted by Gasteiger charge is 2.32. The van der Waals surface area contributed by atoms with Crippen LogP contribution in [0.4, 0.5) is 10.1 Å². The Balaban J connectivity index is 1.66. The summed E-state index contributed by atoms with van der Waals surface area (Å²) in [6.45, 7) is 2.74. The molecule has 0 saturated heterocycles. The van der Waals surface area contributed by atoms with Gasteiger partial charge in [-0.2, -0.15) is 0 Å². The Morgan fingerprint density at radius 3 is 2.84 bits per heavy atom. The number of aliphatic imine (C=N–C) groups is 1. The SMILES string of the molecule is CN(C)CC#CCOc1ccc(C(=O)Nc2ccc(F)c([C@]3(C)CCSC(N)=N3)c2)nc1. The van der Waals surface area contributed by atoms with E-state index < -0.39 is 11.4 Å². The molecule has 32 heavy (non-hydrogen) atoms. The molecule has 0 aliphatic carbocycles. The molecule has 0 unspecified atom stereocenters. The van der Waals surface area contributed by atoms with E-state index in [2.05, 4.69) is 27.1 Å². The molecule has 0 saturated carbocycles. The first-order valence-electron chi connectivity index (χ1n) is 10.1. The number of carbonyl (C=O) groups is 1. The van der Waals surface area contributed by atoms with Gasteiger partial charge in [-0.3, -0.25) is 14.7 Å². The van der Waals surface area contributed by atoms with Gasteiger partial charge >= 0.3 is 0 Å². The van der Waals surface area contributed by atoms with Gasteiger partial charge in [-0.25, -0.2) is 9.37 Å². The number of nitrogens with two attached hydrogens (primary N) is 1. The lowest BCUT2D eigenvalue weighted by Gasteiger charge is -2.30. The van der Waals surface area contributed by atoms with Gasteiger partial charge in [0.2, 0.25) is 0 Å². The van der Waals surface area contributed by atoms with Crippen LogP contribution in [0.15, 0.2) is 41.5 Å². The number of amidine groups is 1. The van der Waals surface area contributed by atoms with Crippen molar-refractivity contribution in [3.05, 3.63) is 53.6 Å². The topological polar surface area (TPSA) is 92.8 Å². The van der Waals surface area contributed by atoms with E-state index in [1.165, 1.54) is 30.1 Å². The second kappa shape index (κ2) is 10.5. The Kier molecular flexibility index (Phi) is 7.72. The van der Waals surface area contributed by atoms with Crippen molar-refractivity contribution in [3.63, 3.8) is 0 Å². The highest BCUT2D eigenvalue weighted by Crippen LogP contribution is 2.37. The number of thioether (sulfide) groups is 1. The molecule has 1 atom stereocenters.